The van der Waals surface area contributed by atoms with Crippen LogP contribution in [0.15, 0.2) is 24.3 Å². The molecule has 4 fully saturated rings. The summed E-state index contributed by atoms with van der Waals surface area (Å²) >= 11 is 5.79. The van der Waals surface area contributed by atoms with E-state index in [0.717, 1.165) is 37.0 Å². The molecule has 6 atom stereocenters. The Bertz CT molecular complexity index is 823. The van der Waals surface area contributed by atoms with Crippen molar-refractivity contribution in [2.45, 2.75) is 64.7 Å². The van der Waals surface area contributed by atoms with Crippen molar-refractivity contribution in [2.24, 2.45) is 29.1 Å². The maximum absolute atomic E-state index is 12.1. The van der Waals surface area contributed by atoms with E-state index in [2.05, 4.69) is 12.2 Å². The number of hydrogen-bond acceptors (Lipinski definition) is 4. The van der Waals surface area contributed by atoms with Gasteiger partial charge in [0.15, 0.2) is 0 Å². The van der Waals surface area contributed by atoms with Gasteiger partial charge in [0.05, 0.1) is 19.1 Å². The van der Waals surface area contributed by atoms with Gasteiger partial charge < -0.3 is 19.9 Å². The van der Waals surface area contributed by atoms with Crippen molar-refractivity contribution in [2.75, 3.05) is 7.11 Å². The summed E-state index contributed by atoms with van der Waals surface area (Å²) in [5.41, 5.74) is -0.0627. The van der Waals surface area contributed by atoms with Crippen LogP contribution < -0.4 is 10.1 Å². The highest BCUT2D eigenvalue weighted by Crippen LogP contribution is 2.62. The number of ether oxygens (including phenoxy) is 2. The molecule has 30 heavy (non-hydrogen) atoms. The van der Waals surface area contributed by atoms with Crippen molar-refractivity contribution in [1.29, 1.82) is 0 Å². The summed E-state index contributed by atoms with van der Waals surface area (Å²) in [5.74, 6) is 1.69. The molecular formula is C24H33NO4S. The SMILES string of the molecule is COc1ccc(COC(C)(C)C(=S)NC2C3CC4CC2C(C)C(C(=O)O)(C4)C3)cc1. The first-order valence-electron chi connectivity index (χ1n) is 11.0. The number of aliphatic carboxylic acids is 1. The molecule has 0 spiro atoms. The Morgan fingerprint density at radius 1 is 1.27 bits per heavy atom. The van der Waals surface area contributed by atoms with Gasteiger partial charge in [0.1, 0.15) is 16.3 Å². The van der Waals surface area contributed by atoms with Crippen molar-refractivity contribution in [3.8, 4) is 5.75 Å². The second-order valence-electron chi connectivity index (χ2n) is 10.1. The van der Waals surface area contributed by atoms with Crippen LogP contribution in [0.5, 0.6) is 5.75 Å². The molecule has 4 aliphatic carbocycles. The summed E-state index contributed by atoms with van der Waals surface area (Å²) in [5, 5.41) is 13.6. The second kappa shape index (κ2) is 7.79. The van der Waals surface area contributed by atoms with Gasteiger partial charge >= 0.3 is 5.97 Å². The van der Waals surface area contributed by atoms with Crippen LogP contribution in [0.1, 0.15) is 52.0 Å². The first-order valence-corrected chi connectivity index (χ1v) is 11.4. The molecule has 0 aliphatic heterocycles. The van der Waals surface area contributed by atoms with Crippen molar-refractivity contribution in [1.82, 2.24) is 5.32 Å². The van der Waals surface area contributed by atoms with Crippen LogP contribution in [-0.4, -0.2) is 34.8 Å². The van der Waals surface area contributed by atoms with E-state index in [1.54, 1.807) is 7.11 Å². The van der Waals surface area contributed by atoms with Gasteiger partial charge in [-0.25, -0.2) is 0 Å². The summed E-state index contributed by atoms with van der Waals surface area (Å²) < 4.78 is 11.4. The van der Waals surface area contributed by atoms with Gasteiger partial charge in [-0.1, -0.05) is 31.3 Å². The van der Waals surface area contributed by atoms with E-state index in [1.807, 2.05) is 38.1 Å². The summed E-state index contributed by atoms with van der Waals surface area (Å²) in [7, 11) is 1.65. The minimum atomic E-state index is -0.600. The number of methoxy groups -OCH3 is 1. The van der Waals surface area contributed by atoms with Crippen LogP contribution in [0.4, 0.5) is 0 Å². The van der Waals surface area contributed by atoms with Gasteiger partial charge in [0.25, 0.3) is 0 Å². The average molecular weight is 432 g/mol. The van der Waals surface area contributed by atoms with E-state index in [-0.39, 0.29) is 12.0 Å². The topological polar surface area (TPSA) is 67.8 Å². The molecule has 2 N–H and O–H groups in total. The maximum Gasteiger partial charge on any atom is 0.309 e. The molecule has 1 aromatic carbocycles. The Balaban J connectivity index is 1.41. The monoisotopic (exact) mass is 431 g/mol. The van der Waals surface area contributed by atoms with Crippen LogP contribution in [0, 0.1) is 29.1 Å². The maximum atomic E-state index is 12.1. The molecule has 6 unspecified atom stereocenters. The third kappa shape index (κ3) is 3.62. The summed E-state index contributed by atoms with van der Waals surface area (Å²) in [4.78, 5) is 12.9. The molecule has 4 bridgehead atoms. The average Bonchev–Trinajstić information content (AvgIpc) is 2.72. The largest absolute Gasteiger partial charge is 0.497 e. The van der Waals surface area contributed by atoms with Gasteiger partial charge in [0, 0.05) is 6.04 Å². The number of carboxylic acid groups (broad SMARTS) is 1. The first-order chi connectivity index (χ1) is 14.2. The van der Waals surface area contributed by atoms with E-state index >= 15 is 0 Å². The Morgan fingerprint density at radius 3 is 2.60 bits per heavy atom. The van der Waals surface area contributed by atoms with E-state index in [9.17, 15) is 9.90 Å². The smallest absolute Gasteiger partial charge is 0.309 e. The molecule has 5 nitrogen and oxygen atoms in total. The van der Waals surface area contributed by atoms with Crippen LogP contribution in [0.3, 0.4) is 0 Å². The summed E-state index contributed by atoms with van der Waals surface area (Å²) in [6.45, 7) is 6.62. The summed E-state index contributed by atoms with van der Waals surface area (Å²) in [6, 6.07) is 8.10. The highest BCUT2D eigenvalue weighted by atomic mass is 32.1. The fourth-order valence-electron chi connectivity index (χ4n) is 6.26. The molecule has 0 aromatic heterocycles. The molecule has 6 heteroatoms. The zero-order chi connectivity index (χ0) is 21.7. The summed E-state index contributed by atoms with van der Waals surface area (Å²) in [6.07, 6.45) is 3.85. The Labute approximate surface area is 184 Å². The van der Waals surface area contributed by atoms with E-state index in [4.69, 9.17) is 21.7 Å². The quantitative estimate of drug-likeness (QED) is 0.623. The normalized spacial score (nSPS) is 34.6. The first kappa shape index (κ1) is 21.6. The van der Waals surface area contributed by atoms with Crippen molar-refractivity contribution in [3.05, 3.63) is 29.8 Å². The lowest BCUT2D eigenvalue weighted by atomic mass is 9.44. The zero-order valence-electron chi connectivity index (χ0n) is 18.3. The molecule has 164 valence electrons. The number of hydrogen-bond donors (Lipinski definition) is 2. The molecule has 4 aliphatic rings. The second-order valence-corrected chi connectivity index (χ2v) is 10.5. The predicted octanol–water partition coefficient (Wildman–Crippen LogP) is 4.43. The standard InChI is InChI=1S/C24H33NO4S/c1-14-19-10-16-9-17(12-24(14,11-16)22(26)27)20(19)25-21(30)23(2,3)29-13-15-5-7-18(28-4)8-6-15/h5-8,14,16-17,19-20H,9-13H2,1-4H3,(H,25,30)(H,26,27). The molecule has 5 rings (SSSR count). The van der Waals surface area contributed by atoms with Gasteiger partial charge in [-0.05, 0) is 80.9 Å². The Morgan fingerprint density at radius 2 is 1.97 bits per heavy atom. The number of carboxylic acids is 1. The molecule has 4 saturated carbocycles. The molecule has 0 heterocycles. The number of rotatable bonds is 7. The molecule has 0 saturated heterocycles. The van der Waals surface area contributed by atoms with Gasteiger partial charge in [-0.2, -0.15) is 0 Å². The van der Waals surface area contributed by atoms with Gasteiger partial charge in [0.2, 0.25) is 0 Å². The Kier molecular flexibility index (Phi) is 5.60. The lowest BCUT2D eigenvalue weighted by Gasteiger charge is -2.62. The highest BCUT2D eigenvalue weighted by Gasteiger charge is 2.62. The van der Waals surface area contributed by atoms with Crippen molar-refractivity contribution in [3.63, 3.8) is 0 Å². The lowest BCUT2D eigenvalue weighted by molar-refractivity contribution is -0.179. The molecule has 1 aromatic rings. The third-order valence-electron chi connectivity index (χ3n) is 8.03. The van der Waals surface area contributed by atoms with E-state index < -0.39 is 17.0 Å². The van der Waals surface area contributed by atoms with E-state index in [1.165, 1.54) is 0 Å². The fourth-order valence-corrected chi connectivity index (χ4v) is 6.46. The van der Waals surface area contributed by atoms with Gasteiger partial charge in [-0.3, -0.25) is 4.79 Å². The van der Waals surface area contributed by atoms with Crippen LogP contribution in [0.25, 0.3) is 0 Å². The molecular weight excluding hydrogens is 398 g/mol. The number of nitrogens with one attached hydrogen (secondary N) is 1. The third-order valence-corrected chi connectivity index (χ3v) is 8.64. The highest BCUT2D eigenvalue weighted by molar-refractivity contribution is 7.80. The van der Waals surface area contributed by atoms with Crippen LogP contribution in [-0.2, 0) is 16.1 Å². The minimum absolute atomic E-state index is 0.173. The Hall–Kier alpha value is -1.66. The fraction of sp³-hybridized carbons (Fsp3) is 0.667. The van der Waals surface area contributed by atoms with Crippen molar-refractivity contribution < 1.29 is 19.4 Å². The van der Waals surface area contributed by atoms with Gasteiger partial charge in [-0.15, -0.1) is 0 Å². The molecule has 0 radical (unpaired) electrons. The number of benzene rings is 1. The predicted molar refractivity (Wildman–Crippen MR) is 120 cm³/mol. The number of thiocarbonyl (C=S) groups is 1. The zero-order valence-corrected chi connectivity index (χ0v) is 19.1. The lowest BCUT2D eigenvalue weighted by Crippen LogP contribution is -2.66. The van der Waals surface area contributed by atoms with E-state index in [0.29, 0.717) is 29.3 Å². The minimum Gasteiger partial charge on any atom is -0.497 e. The number of carbonyl (C=O) groups is 1. The van der Waals surface area contributed by atoms with Crippen LogP contribution >= 0.6 is 12.2 Å². The molecule has 0 amide bonds. The van der Waals surface area contributed by atoms with Crippen LogP contribution in [0.2, 0.25) is 0 Å². The van der Waals surface area contributed by atoms with Crippen molar-refractivity contribution >= 4 is 23.2 Å².